The molecule has 0 bridgehead atoms. The van der Waals surface area contributed by atoms with Crippen molar-refractivity contribution in [3.63, 3.8) is 0 Å². The third kappa shape index (κ3) is 5.13. The van der Waals surface area contributed by atoms with Crippen LogP contribution < -0.4 is 19.7 Å². The molecule has 2 N–H and O–H groups in total. The van der Waals surface area contributed by atoms with Crippen LogP contribution in [0.2, 0.25) is 0 Å². The van der Waals surface area contributed by atoms with Crippen LogP contribution in [0.15, 0.2) is 60.8 Å². The molecule has 0 radical (unpaired) electrons. The number of phenolic OH excluding ortho intramolecular Hbond substituents is 1. The molecule has 1 aliphatic heterocycles. The van der Waals surface area contributed by atoms with Gasteiger partial charge in [-0.3, -0.25) is 0 Å². The Morgan fingerprint density at radius 1 is 1.00 bits per heavy atom. The van der Waals surface area contributed by atoms with E-state index in [1.165, 1.54) is 7.11 Å². The number of hydrogen-bond donors (Lipinski definition) is 2. The third-order valence-electron chi connectivity index (χ3n) is 6.38. The molecule has 2 heterocycles. The van der Waals surface area contributed by atoms with Crippen molar-refractivity contribution in [2.75, 3.05) is 57.3 Å². The summed E-state index contributed by atoms with van der Waals surface area (Å²) in [5.41, 5.74) is 4.02. The van der Waals surface area contributed by atoms with Gasteiger partial charge in [0.2, 0.25) is 5.95 Å². The maximum Gasteiger partial charge on any atom is 0.223 e. The molecule has 4 aromatic rings. The average molecular weight is 487 g/mol. The highest BCUT2D eigenvalue weighted by Crippen LogP contribution is 2.35. The van der Waals surface area contributed by atoms with E-state index < -0.39 is 0 Å². The molecule has 0 saturated carbocycles. The number of fused-ring (bicyclic) bond motifs is 1. The summed E-state index contributed by atoms with van der Waals surface area (Å²) in [5, 5.41) is 15.6. The van der Waals surface area contributed by atoms with Crippen LogP contribution >= 0.6 is 0 Å². The number of phenols is 1. The molecule has 1 fully saturated rings. The van der Waals surface area contributed by atoms with E-state index in [-0.39, 0.29) is 5.75 Å². The monoisotopic (exact) mass is 486 g/mol. The van der Waals surface area contributed by atoms with Gasteiger partial charge in [0, 0.05) is 42.5 Å². The van der Waals surface area contributed by atoms with Gasteiger partial charge < -0.3 is 29.5 Å². The molecule has 0 amide bonds. The van der Waals surface area contributed by atoms with Gasteiger partial charge in [0.1, 0.15) is 5.75 Å². The van der Waals surface area contributed by atoms with E-state index >= 15 is 0 Å². The van der Waals surface area contributed by atoms with Gasteiger partial charge in [0.25, 0.3) is 0 Å². The second kappa shape index (κ2) is 10.7. The smallest absolute Gasteiger partial charge is 0.223 e. The summed E-state index contributed by atoms with van der Waals surface area (Å²) in [5.74, 6) is 2.00. The third-order valence-corrected chi connectivity index (χ3v) is 6.38. The van der Waals surface area contributed by atoms with E-state index in [4.69, 9.17) is 19.2 Å². The minimum absolute atomic E-state index is 0.137. The van der Waals surface area contributed by atoms with E-state index in [0.717, 1.165) is 52.1 Å². The number of nitrogens with one attached hydrogen (secondary N) is 1. The first-order chi connectivity index (χ1) is 17.6. The second-order valence-electron chi connectivity index (χ2n) is 8.63. The standard InChI is InChI=1S/C28H30N4O4/c1-34-22-5-4-20-16-21(17-25(23(20)18-22)32-11-13-36-14-12-32)24-8-10-30-28(31-24)29-9-7-19-3-6-27(35-2)26(33)15-19/h3-6,8,10,15-18,33H,7,9,11-14H2,1-2H3,(H,29,30,31). The van der Waals surface area contributed by atoms with Crippen molar-refractivity contribution in [1.29, 1.82) is 0 Å². The predicted octanol–water partition coefficient (Wildman–Crippen LogP) is 4.51. The number of nitrogens with zero attached hydrogens (tertiary/aromatic N) is 3. The van der Waals surface area contributed by atoms with Gasteiger partial charge in [0.15, 0.2) is 11.5 Å². The van der Waals surface area contributed by atoms with Gasteiger partial charge in [-0.1, -0.05) is 12.1 Å². The van der Waals surface area contributed by atoms with Gasteiger partial charge >= 0.3 is 0 Å². The van der Waals surface area contributed by atoms with E-state index in [0.29, 0.717) is 37.9 Å². The number of benzene rings is 3. The normalized spacial score (nSPS) is 13.6. The molecule has 0 unspecified atom stereocenters. The lowest BCUT2D eigenvalue weighted by Gasteiger charge is -2.30. The zero-order valence-corrected chi connectivity index (χ0v) is 20.5. The van der Waals surface area contributed by atoms with E-state index in [1.54, 1.807) is 25.4 Å². The average Bonchev–Trinajstić information content (AvgIpc) is 2.93. The first-order valence-corrected chi connectivity index (χ1v) is 12.0. The molecule has 0 aliphatic carbocycles. The maximum atomic E-state index is 10.0. The van der Waals surface area contributed by atoms with Crippen molar-refractivity contribution in [3.05, 3.63) is 66.4 Å². The van der Waals surface area contributed by atoms with E-state index in [2.05, 4.69) is 39.5 Å². The highest BCUT2D eigenvalue weighted by molar-refractivity contribution is 5.98. The number of aromatic hydroxyl groups is 1. The Bertz CT molecular complexity index is 1350. The topological polar surface area (TPSA) is 89.0 Å². The Labute approximate surface area is 210 Å². The summed E-state index contributed by atoms with van der Waals surface area (Å²) < 4.78 is 16.2. The van der Waals surface area contributed by atoms with Crippen molar-refractivity contribution < 1.29 is 19.3 Å². The lowest BCUT2D eigenvalue weighted by molar-refractivity contribution is 0.123. The van der Waals surface area contributed by atoms with Crippen LogP contribution in [0.3, 0.4) is 0 Å². The van der Waals surface area contributed by atoms with Crippen LogP contribution in [0.4, 0.5) is 11.6 Å². The van der Waals surface area contributed by atoms with Crippen molar-refractivity contribution in [3.8, 4) is 28.5 Å². The number of ether oxygens (including phenoxy) is 3. The first-order valence-electron chi connectivity index (χ1n) is 12.0. The number of methoxy groups -OCH3 is 2. The summed E-state index contributed by atoms with van der Waals surface area (Å²) in [6.07, 6.45) is 2.49. The van der Waals surface area contributed by atoms with Crippen LogP contribution in [0.1, 0.15) is 5.56 Å². The van der Waals surface area contributed by atoms with Crippen molar-refractivity contribution in [2.45, 2.75) is 6.42 Å². The van der Waals surface area contributed by atoms with Gasteiger partial charge in [-0.05, 0) is 59.8 Å². The zero-order valence-electron chi connectivity index (χ0n) is 20.5. The Morgan fingerprint density at radius 3 is 2.64 bits per heavy atom. The fourth-order valence-electron chi connectivity index (χ4n) is 4.47. The SMILES string of the molecule is COc1ccc2cc(-c3ccnc(NCCc4ccc(OC)c(O)c4)n3)cc(N3CCOCC3)c2c1. The van der Waals surface area contributed by atoms with Gasteiger partial charge in [0.05, 0.1) is 33.1 Å². The van der Waals surface area contributed by atoms with Crippen molar-refractivity contribution >= 4 is 22.4 Å². The number of anilines is 2. The lowest BCUT2D eigenvalue weighted by Crippen LogP contribution is -2.36. The molecule has 1 saturated heterocycles. The van der Waals surface area contributed by atoms with E-state index in [9.17, 15) is 5.11 Å². The summed E-state index contributed by atoms with van der Waals surface area (Å²) in [6.45, 7) is 3.73. The molecule has 0 spiro atoms. The van der Waals surface area contributed by atoms with E-state index in [1.807, 2.05) is 18.2 Å². The Hall–Kier alpha value is -4.04. The molecule has 3 aromatic carbocycles. The zero-order chi connectivity index (χ0) is 24.9. The fraction of sp³-hybridized carbons (Fsp3) is 0.286. The van der Waals surface area contributed by atoms with Crippen LogP contribution in [-0.4, -0.2) is 62.1 Å². The molecular formula is C28H30N4O4. The molecule has 5 rings (SSSR count). The number of hydrogen-bond acceptors (Lipinski definition) is 8. The highest BCUT2D eigenvalue weighted by atomic mass is 16.5. The van der Waals surface area contributed by atoms with Gasteiger partial charge in [-0.25, -0.2) is 9.97 Å². The number of morpholine rings is 1. The van der Waals surface area contributed by atoms with Crippen LogP contribution in [-0.2, 0) is 11.2 Å². The van der Waals surface area contributed by atoms with Crippen LogP contribution in [0, 0.1) is 0 Å². The highest BCUT2D eigenvalue weighted by Gasteiger charge is 2.17. The summed E-state index contributed by atoms with van der Waals surface area (Å²) in [6, 6.07) is 17.9. The number of rotatable bonds is 8. The minimum Gasteiger partial charge on any atom is -0.504 e. The molecular weight excluding hydrogens is 456 g/mol. The second-order valence-corrected chi connectivity index (χ2v) is 8.63. The van der Waals surface area contributed by atoms with Gasteiger partial charge in [-0.2, -0.15) is 0 Å². The molecule has 8 nitrogen and oxygen atoms in total. The largest absolute Gasteiger partial charge is 0.504 e. The predicted molar refractivity (Wildman–Crippen MR) is 141 cm³/mol. The van der Waals surface area contributed by atoms with Crippen LogP contribution in [0.25, 0.3) is 22.0 Å². The molecule has 0 atom stereocenters. The van der Waals surface area contributed by atoms with Gasteiger partial charge in [-0.15, -0.1) is 0 Å². The molecule has 186 valence electrons. The lowest BCUT2D eigenvalue weighted by atomic mass is 10.0. The molecule has 1 aliphatic rings. The summed E-state index contributed by atoms with van der Waals surface area (Å²) in [4.78, 5) is 11.6. The summed E-state index contributed by atoms with van der Waals surface area (Å²) >= 11 is 0. The van der Waals surface area contributed by atoms with Crippen LogP contribution in [0.5, 0.6) is 17.2 Å². The summed E-state index contributed by atoms with van der Waals surface area (Å²) in [7, 11) is 3.23. The van der Waals surface area contributed by atoms with Crippen molar-refractivity contribution in [1.82, 2.24) is 9.97 Å². The Morgan fingerprint density at radius 2 is 1.86 bits per heavy atom. The van der Waals surface area contributed by atoms with Crippen molar-refractivity contribution in [2.24, 2.45) is 0 Å². The molecule has 8 heteroatoms. The fourth-order valence-corrected chi connectivity index (χ4v) is 4.47. The quantitative estimate of drug-likeness (QED) is 0.376. The Kier molecular flexibility index (Phi) is 7.04. The Balaban J connectivity index is 1.39. The molecule has 1 aromatic heterocycles. The first kappa shape index (κ1) is 23.7. The molecule has 36 heavy (non-hydrogen) atoms. The number of aromatic nitrogens is 2. The minimum atomic E-state index is 0.137. The maximum absolute atomic E-state index is 10.0.